The predicted molar refractivity (Wildman–Crippen MR) is 86.7 cm³/mol. The second-order valence-electron chi connectivity index (χ2n) is 6.20. The van der Waals surface area contributed by atoms with Gasteiger partial charge in [-0.15, -0.1) is 0 Å². The molecule has 0 spiro atoms. The van der Waals surface area contributed by atoms with E-state index >= 15 is 0 Å². The number of rotatable bonds is 7. The van der Waals surface area contributed by atoms with Crippen molar-refractivity contribution < 1.29 is 14.7 Å². The maximum atomic E-state index is 11.9. The molecule has 5 nitrogen and oxygen atoms in total. The van der Waals surface area contributed by atoms with Gasteiger partial charge in [0.2, 0.25) is 0 Å². The molecule has 21 heavy (non-hydrogen) atoms. The fraction of sp³-hybridized carbons (Fsp3) is 0.867. The molecule has 1 rings (SSSR count). The van der Waals surface area contributed by atoms with Crippen LogP contribution in [-0.4, -0.2) is 41.2 Å². The number of carboxylic acid groups (broad SMARTS) is 1. The van der Waals surface area contributed by atoms with Crippen molar-refractivity contribution in [1.82, 2.24) is 10.6 Å². The van der Waals surface area contributed by atoms with Gasteiger partial charge in [0.05, 0.1) is 5.92 Å². The van der Waals surface area contributed by atoms with Gasteiger partial charge in [-0.05, 0) is 25.0 Å². The maximum absolute atomic E-state index is 11.9. The highest BCUT2D eigenvalue weighted by atomic mass is 32.2. The Labute approximate surface area is 131 Å². The standard InChI is InChI=1S/C15H28N2O3S/c1-11(2)12(13(18)19)9-16-14(20)17-10-15(21-3)7-5-4-6-8-15/h11-12H,4-10H2,1-3H3,(H,18,19)(H2,16,17,20). The van der Waals surface area contributed by atoms with Crippen LogP contribution in [0.15, 0.2) is 0 Å². The molecule has 0 radical (unpaired) electrons. The van der Waals surface area contributed by atoms with Gasteiger partial charge in [-0.25, -0.2) is 4.79 Å². The van der Waals surface area contributed by atoms with Crippen LogP contribution in [0.4, 0.5) is 4.79 Å². The van der Waals surface area contributed by atoms with E-state index in [2.05, 4.69) is 16.9 Å². The Morgan fingerprint density at radius 1 is 1.19 bits per heavy atom. The lowest BCUT2D eigenvalue weighted by molar-refractivity contribution is -0.142. The average molecular weight is 316 g/mol. The lowest BCUT2D eigenvalue weighted by atomic mass is 9.88. The first-order chi connectivity index (χ1) is 9.90. The molecule has 0 heterocycles. The van der Waals surface area contributed by atoms with E-state index < -0.39 is 11.9 Å². The summed E-state index contributed by atoms with van der Waals surface area (Å²) in [5, 5.41) is 14.7. The molecule has 3 N–H and O–H groups in total. The Hall–Kier alpha value is -0.910. The molecule has 0 bridgehead atoms. The zero-order valence-corrected chi connectivity index (χ0v) is 14.1. The monoisotopic (exact) mass is 316 g/mol. The summed E-state index contributed by atoms with van der Waals surface area (Å²) >= 11 is 1.83. The lowest BCUT2D eigenvalue weighted by Gasteiger charge is -2.35. The third kappa shape index (κ3) is 5.77. The van der Waals surface area contributed by atoms with E-state index in [4.69, 9.17) is 5.11 Å². The van der Waals surface area contributed by atoms with Gasteiger partial charge in [0.15, 0.2) is 0 Å². The quantitative estimate of drug-likeness (QED) is 0.675. The Morgan fingerprint density at radius 2 is 1.81 bits per heavy atom. The van der Waals surface area contributed by atoms with Gasteiger partial charge in [-0.1, -0.05) is 33.1 Å². The van der Waals surface area contributed by atoms with Gasteiger partial charge >= 0.3 is 12.0 Å². The summed E-state index contributed by atoms with van der Waals surface area (Å²) in [4.78, 5) is 23.0. The third-order valence-corrected chi connectivity index (χ3v) is 5.79. The van der Waals surface area contributed by atoms with E-state index in [1.165, 1.54) is 19.3 Å². The Balaban J connectivity index is 2.37. The summed E-state index contributed by atoms with van der Waals surface area (Å²) < 4.78 is 0.153. The third-order valence-electron chi connectivity index (χ3n) is 4.37. The van der Waals surface area contributed by atoms with Crippen molar-refractivity contribution in [2.24, 2.45) is 11.8 Å². The molecule has 122 valence electrons. The summed E-state index contributed by atoms with van der Waals surface area (Å²) in [6, 6.07) is -0.263. The molecule has 2 amide bonds. The normalized spacial score (nSPS) is 19.0. The predicted octanol–water partition coefficient (Wildman–Crippen LogP) is 2.71. The summed E-state index contributed by atoms with van der Waals surface area (Å²) in [6.45, 7) is 4.52. The molecular weight excluding hydrogens is 288 g/mol. The zero-order chi connectivity index (χ0) is 15.9. The van der Waals surface area contributed by atoms with Gasteiger partial charge in [0.25, 0.3) is 0 Å². The molecule has 1 aliphatic carbocycles. The van der Waals surface area contributed by atoms with E-state index in [1.807, 2.05) is 25.6 Å². The zero-order valence-electron chi connectivity index (χ0n) is 13.3. The molecule has 1 fully saturated rings. The van der Waals surface area contributed by atoms with Crippen LogP contribution in [0.2, 0.25) is 0 Å². The van der Waals surface area contributed by atoms with Gasteiger partial charge in [0.1, 0.15) is 0 Å². The molecule has 1 unspecified atom stereocenters. The maximum Gasteiger partial charge on any atom is 0.314 e. The van der Waals surface area contributed by atoms with Crippen LogP contribution < -0.4 is 10.6 Å². The minimum absolute atomic E-state index is 0.00122. The second-order valence-corrected chi connectivity index (χ2v) is 7.47. The summed E-state index contributed by atoms with van der Waals surface area (Å²) in [5.41, 5.74) is 0. The number of carboxylic acids is 1. The first-order valence-electron chi connectivity index (χ1n) is 7.70. The van der Waals surface area contributed by atoms with E-state index in [9.17, 15) is 9.59 Å². The van der Waals surface area contributed by atoms with Crippen LogP contribution in [0.1, 0.15) is 46.0 Å². The summed E-state index contributed by atoms with van der Waals surface area (Å²) in [6.07, 6.45) is 8.10. The van der Waals surface area contributed by atoms with Gasteiger partial charge in [-0.2, -0.15) is 11.8 Å². The van der Waals surface area contributed by atoms with Crippen LogP contribution in [0.5, 0.6) is 0 Å². The highest BCUT2D eigenvalue weighted by Gasteiger charge is 2.31. The highest BCUT2D eigenvalue weighted by molar-refractivity contribution is 8.00. The fourth-order valence-corrected chi connectivity index (χ4v) is 3.68. The van der Waals surface area contributed by atoms with Crippen molar-refractivity contribution in [3.63, 3.8) is 0 Å². The molecule has 0 saturated heterocycles. The lowest BCUT2D eigenvalue weighted by Crippen LogP contribution is -2.47. The first-order valence-corrected chi connectivity index (χ1v) is 8.92. The second kappa shape index (κ2) is 8.51. The van der Waals surface area contributed by atoms with Crippen molar-refractivity contribution >= 4 is 23.8 Å². The molecule has 0 aliphatic heterocycles. The number of nitrogens with one attached hydrogen (secondary N) is 2. The summed E-state index contributed by atoms with van der Waals surface area (Å²) in [7, 11) is 0. The van der Waals surface area contributed by atoms with Crippen LogP contribution in [-0.2, 0) is 4.79 Å². The van der Waals surface area contributed by atoms with Gasteiger partial charge in [-0.3, -0.25) is 4.79 Å². The SMILES string of the molecule is CSC1(CNC(=O)NCC(C(=O)O)C(C)C)CCCCC1. The molecule has 1 saturated carbocycles. The van der Waals surface area contributed by atoms with E-state index in [1.54, 1.807) is 0 Å². The number of urea groups is 1. The molecule has 0 aromatic heterocycles. The Bertz CT molecular complexity index is 355. The number of carbonyl (C=O) groups is 2. The minimum Gasteiger partial charge on any atom is -0.481 e. The smallest absolute Gasteiger partial charge is 0.314 e. The number of hydrogen-bond donors (Lipinski definition) is 3. The first kappa shape index (κ1) is 18.1. The number of carbonyl (C=O) groups excluding carboxylic acids is 1. The molecule has 1 atom stereocenters. The van der Waals surface area contributed by atoms with Crippen LogP contribution >= 0.6 is 11.8 Å². The average Bonchev–Trinajstić information content (AvgIpc) is 2.45. The van der Waals surface area contributed by atoms with Crippen LogP contribution in [0, 0.1) is 11.8 Å². The van der Waals surface area contributed by atoms with Crippen molar-refractivity contribution in [1.29, 1.82) is 0 Å². The Kier molecular flexibility index (Phi) is 7.35. The molecule has 6 heteroatoms. The van der Waals surface area contributed by atoms with Crippen molar-refractivity contribution in [3.05, 3.63) is 0 Å². The molecule has 0 aromatic rings. The van der Waals surface area contributed by atoms with Gasteiger partial charge in [0, 0.05) is 17.8 Å². The minimum atomic E-state index is -0.863. The van der Waals surface area contributed by atoms with Gasteiger partial charge < -0.3 is 15.7 Å². The molecule has 0 aromatic carbocycles. The van der Waals surface area contributed by atoms with E-state index in [0.29, 0.717) is 6.54 Å². The van der Waals surface area contributed by atoms with Crippen molar-refractivity contribution in [2.45, 2.75) is 50.7 Å². The van der Waals surface area contributed by atoms with Crippen LogP contribution in [0.3, 0.4) is 0 Å². The van der Waals surface area contributed by atoms with Crippen LogP contribution in [0.25, 0.3) is 0 Å². The largest absolute Gasteiger partial charge is 0.481 e. The molecular formula is C15H28N2O3S. The van der Waals surface area contributed by atoms with Crippen molar-refractivity contribution in [2.75, 3.05) is 19.3 Å². The fourth-order valence-electron chi connectivity index (χ4n) is 2.76. The highest BCUT2D eigenvalue weighted by Crippen LogP contribution is 2.37. The van der Waals surface area contributed by atoms with Crippen molar-refractivity contribution in [3.8, 4) is 0 Å². The number of thioether (sulfide) groups is 1. The van der Waals surface area contributed by atoms with E-state index in [0.717, 1.165) is 12.8 Å². The number of hydrogen-bond acceptors (Lipinski definition) is 3. The number of aliphatic carboxylic acids is 1. The van der Waals surface area contributed by atoms with E-state index in [-0.39, 0.29) is 23.2 Å². The summed E-state index contributed by atoms with van der Waals surface area (Å²) in [5.74, 6) is -1.41. The Morgan fingerprint density at radius 3 is 2.29 bits per heavy atom. The topological polar surface area (TPSA) is 78.4 Å². The number of amides is 2. The molecule has 1 aliphatic rings.